The minimum absolute atomic E-state index is 0.183. The standard InChI is InChI=1S/C17H26N2O/c1-13-5-7-15(8-6-13)9-10-17(20)19-11-3-4-16(12-19)14(2)18/h5-8,14,16H,3-4,9-12,18H2,1-2H3. The topological polar surface area (TPSA) is 46.3 Å². The van der Waals surface area contributed by atoms with E-state index >= 15 is 0 Å². The van der Waals surface area contributed by atoms with Gasteiger partial charge in [-0.05, 0) is 44.6 Å². The fourth-order valence-electron chi connectivity index (χ4n) is 2.83. The number of nitrogens with two attached hydrogens (primary N) is 1. The van der Waals surface area contributed by atoms with Gasteiger partial charge in [-0.25, -0.2) is 0 Å². The lowest BCUT2D eigenvalue weighted by Gasteiger charge is -2.34. The SMILES string of the molecule is Cc1ccc(CCC(=O)N2CCCC(C(C)N)C2)cc1. The van der Waals surface area contributed by atoms with Crippen molar-refractivity contribution in [3.05, 3.63) is 35.4 Å². The van der Waals surface area contributed by atoms with Gasteiger partial charge in [-0.1, -0.05) is 29.8 Å². The fraction of sp³-hybridized carbons (Fsp3) is 0.588. The molecule has 1 amide bonds. The molecule has 0 aromatic heterocycles. The summed E-state index contributed by atoms with van der Waals surface area (Å²) < 4.78 is 0. The summed E-state index contributed by atoms with van der Waals surface area (Å²) in [6.07, 6.45) is 3.68. The summed E-state index contributed by atoms with van der Waals surface area (Å²) in [6, 6.07) is 8.62. The van der Waals surface area contributed by atoms with E-state index in [-0.39, 0.29) is 11.9 Å². The Morgan fingerprint density at radius 2 is 2.10 bits per heavy atom. The average Bonchev–Trinajstić information content (AvgIpc) is 2.46. The van der Waals surface area contributed by atoms with Crippen molar-refractivity contribution in [3.63, 3.8) is 0 Å². The first-order valence-corrected chi connectivity index (χ1v) is 7.65. The van der Waals surface area contributed by atoms with Gasteiger partial charge in [0.15, 0.2) is 0 Å². The molecule has 0 bridgehead atoms. The van der Waals surface area contributed by atoms with Crippen molar-refractivity contribution < 1.29 is 4.79 Å². The van der Waals surface area contributed by atoms with Gasteiger partial charge in [-0.3, -0.25) is 4.79 Å². The summed E-state index contributed by atoms with van der Waals surface area (Å²) in [6.45, 7) is 5.86. The molecule has 1 fully saturated rings. The Kier molecular flexibility index (Phi) is 5.18. The van der Waals surface area contributed by atoms with Gasteiger partial charge >= 0.3 is 0 Å². The first-order valence-electron chi connectivity index (χ1n) is 7.65. The zero-order valence-corrected chi connectivity index (χ0v) is 12.6. The van der Waals surface area contributed by atoms with Crippen LogP contribution < -0.4 is 5.73 Å². The molecular formula is C17H26N2O. The first kappa shape index (κ1) is 15.0. The van der Waals surface area contributed by atoms with Crippen molar-refractivity contribution in [1.29, 1.82) is 0 Å². The number of piperidine rings is 1. The second kappa shape index (κ2) is 6.89. The van der Waals surface area contributed by atoms with Crippen LogP contribution in [-0.4, -0.2) is 29.9 Å². The van der Waals surface area contributed by atoms with Crippen molar-refractivity contribution in [2.45, 2.75) is 45.6 Å². The van der Waals surface area contributed by atoms with Crippen LogP contribution in [0.3, 0.4) is 0 Å². The number of hydrogen-bond acceptors (Lipinski definition) is 2. The van der Waals surface area contributed by atoms with Gasteiger partial charge in [0.1, 0.15) is 0 Å². The predicted octanol–water partition coefficient (Wildman–Crippen LogP) is 2.51. The number of carbonyl (C=O) groups is 1. The van der Waals surface area contributed by atoms with Crippen LogP contribution >= 0.6 is 0 Å². The first-order chi connectivity index (χ1) is 9.56. The molecule has 2 N–H and O–H groups in total. The Labute approximate surface area is 122 Å². The van der Waals surface area contributed by atoms with E-state index in [0.717, 1.165) is 32.4 Å². The molecule has 1 aromatic rings. The lowest BCUT2D eigenvalue weighted by atomic mass is 9.92. The Morgan fingerprint density at radius 1 is 1.40 bits per heavy atom. The quantitative estimate of drug-likeness (QED) is 0.917. The molecule has 3 heteroatoms. The molecule has 1 aromatic carbocycles. The molecule has 1 heterocycles. The lowest BCUT2D eigenvalue weighted by molar-refractivity contribution is -0.133. The zero-order chi connectivity index (χ0) is 14.5. The van der Waals surface area contributed by atoms with E-state index < -0.39 is 0 Å². The van der Waals surface area contributed by atoms with E-state index in [1.54, 1.807) is 0 Å². The number of amides is 1. The fourth-order valence-corrected chi connectivity index (χ4v) is 2.83. The molecule has 1 aliphatic rings. The number of benzene rings is 1. The van der Waals surface area contributed by atoms with Gasteiger partial charge in [-0.15, -0.1) is 0 Å². The zero-order valence-electron chi connectivity index (χ0n) is 12.6. The smallest absolute Gasteiger partial charge is 0.222 e. The molecule has 2 unspecified atom stereocenters. The molecule has 0 saturated carbocycles. The Hall–Kier alpha value is -1.35. The second-order valence-electron chi connectivity index (χ2n) is 6.09. The number of aryl methyl sites for hydroxylation is 2. The third-order valence-corrected chi connectivity index (χ3v) is 4.30. The summed E-state index contributed by atoms with van der Waals surface area (Å²) in [5.74, 6) is 0.739. The summed E-state index contributed by atoms with van der Waals surface area (Å²) in [7, 11) is 0. The van der Waals surface area contributed by atoms with Crippen molar-refractivity contribution in [2.24, 2.45) is 11.7 Å². The normalized spacial score (nSPS) is 20.8. The monoisotopic (exact) mass is 274 g/mol. The van der Waals surface area contributed by atoms with Crippen LogP contribution in [0.1, 0.15) is 37.3 Å². The van der Waals surface area contributed by atoms with Crippen LogP contribution in [0, 0.1) is 12.8 Å². The molecule has 0 radical (unpaired) electrons. The van der Waals surface area contributed by atoms with Gasteiger partial charge < -0.3 is 10.6 Å². The third kappa shape index (κ3) is 4.07. The number of nitrogens with zero attached hydrogens (tertiary/aromatic N) is 1. The molecule has 1 aliphatic heterocycles. The largest absolute Gasteiger partial charge is 0.342 e. The van der Waals surface area contributed by atoms with Gasteiger partial charge in [0.2, 0.25) is 5.91 Å². The highest BCUT2D eigenvalue weighted by molar-refractivity contribution is 5.76. The maximum atomic E-state index is 12.3. The number of rotatable bonds is 4. The highest BCUT2D eigenvalue weighted by Gasteiger charge is 2.25. The molecule has 0 aliphatic carbocycles. The van der Waals surface area contributed by atoms with E-state index in [0.29, 0.717) is 12.3 Å². The Bertz CT molecular complexity index is 439. The minimum Gasteiger partial charge on any atom is -0.342 e. The summed E-state index contributed by atoms with van der Waals surface area (Å²) in [5.41, 5.74) is 8.47. The van der Waals surface area contributed by atoms with Crippen molar-refractivity contribution in [3.8, 4) is 0 Å². The van der Waals surface area contributed by atoms with E-state index in [9.17, 15) is 4.79 Å². The van der Waals surface area contributed by atoms with Crippen LogP contribution in [0.5, 0.6) is 0 Å². The molecule has 110 valence electrons. The molecule has 0 spiro atoms. The summed E-state index contributed by atoms with van der Waals surface area (Å²) in [4.78, 5) is 14.3. The number of hydrogen-bond donors (Lipinski definition) is 1. The minimum atomic E-state index is 0.183. The third-order valence-electron chi connectivity index (χ3n) is 4.30. The van der Waals surface area contributed by atoms with Gasteiger partial charge in [0, 0.05) is 25.6 Å². The second-order valence-corrected chi connectivity index (χ2v) is 6.09. The van der Waals surface area contributed by atoms with E-state index in [1.807, 2.05) is 11.8 Å². The van der Waals surface area contributed by atoms with E-state index in [2.05, 4.69) is 31.2 Å². The molecule has 2 rings (SSSR count). The van der Waals surface area contributed by atoms with Crippen molar-refractivity contribution >= 4 is 5.91 Å². The number of carbonyl (C=O) groups excluding carboxylic acids is 1. The molecule has 20 heavy (non-hydrogen) atoms. The molecule has 2 atom stereocenters. The molecule has 1 saturated heterocycles. The molecular weight excluding hydrogens is 248 g/mol. The highest BCUT2D eigenvalue weighted by atomic mass is 16.2. The van der Waals surface area contributed by atoms with Gasteiger partial charge in [0.05, 0.1) is 0 Å². The van der Waals surface area contributed by atoms with E-state index in [4.69, 9.17) is 5.73 Å². The Balaban J connectivity index is 1.83. The van der Waals surface area contributed by atoms with Crippen LogP contribution in [0.25, 0.3) is 0 Å². The van der Waals surface area contributed by atoms with Gasteiger partial charge in [0.25, 0.3) is 0 Å². The summed E-state index contributed by atoms with van der Waals surface area (Å²) in [5, 5.41) is 0. The number of likely N-dealkylation sites (tertiary alicyclic amines) is 1. The highest BCUT2D eigenvalue weighted by Crippen LogP contribution is 2.19. The van der Waals surface area contributed by atoms with Crippen LogP contribution in [0.2, 0.25) is 0 Å². The Morgan fingerprint density at radius 3 is 2.75 bits per heavy atom. The van der Waals surface area contributed by atoms with Crippen LogP contribution in [0.4, 0.5) is 0 Å². The van der Waals surface area contributed by atoms with Crippen molar-refractivity contribution in [2.75, 3.05) is 13.1 Å². The van der Waals surface area contributed by atoms with E-state index in [1.165, 1.54) is 11.1 Å². The molecule has 3 nitrogen and oxygen atoms in total. The van der Waals surface area contributed by atoms with Crippen LogP contribution in [0.15, 0.2) is 24.3 Å². The predicted molar refractivity (Wildman–Crippen MR) is 82.5 cm³/mol. The maximum absolute atomic E-state index is 12.3. The maximum Gasteiger partial charge on any atom is 0.222 e. The van der Waals surface area contributed by atoms with Crippen molar-refractivity contribution in [1.82, 2.24) is 4.90 Å². The van der Waals surface area contributed by atoms with Gasteiger partial charge in [-0.2, -0.15) is 0 Å². The lowest BCUT2D eigenvalue weighted by Crippen LogP contribution is -2.45. The average molecular weight is 274 g/mol. The summed E-state index contributed by atoms with van der Waals surface area (Å²) >= 11 is 0. The van der Waals surface area contributed by atoms with Crippen LogP contribution in [-0.2, 0) is 11.2 Å².